The summed E-state index contributed by atoms with van der Waals surface area (Å²) in [6.07, 6.45) is 0.540. The molecule has 2 aromatic heterocycles. The van der Waals surface area contributed by atoms with E-state index in [2.05, 4.69) is 9.72 Å². The van der Waals surface area contributed by atoms with Crippen LogP contribution in [0.4, 0.5) is 0 Å². The summed E-state index contributed by atoms with van der Waals surface area (Å²) in [7, 11) is 1.31. The van der Waals surface area contributed by atoms with Crippen LogP contribution >= 0.6 is 11.3 Å². The van der Waals surface area contributed by atoms with Gasteiger partial charge in [0.15, 0.2) is 0 Å². The van der Waals surface area contributed by atoms with Crippen LogP contribution in [0, 0.1) is 0 Å². The Hall–Kier alpha value is -2.67. The predicted molar refractivity (Wildman–Crippen MR) is 93.4 cm³/mol. The number of carbonyl (C=O) groups excluding carboxylic acids is 1. The van der Waals surface area contributed by atoms with Gasteiger partial charge < -0.3 is 9.72 Å². The molecule has 0 saturated heterocycles. The normalized spacial score (nSPS) is 10.9. The molecule has 0 fully saturated rings. The molecular formula is C17H16N2O4S. The van der Waals surface area contributed by atoms with Crippen LogP contribution in [-0.2, 0) is 16.1 Å². The number of methoxy groups -OCH3 is 1. The number of aromatic amines is 1. The van der Waals surface area contributed by atoms with Gasteiger partial charge in [-0.2, -0.15) is 0 Å². The Kier molecular flexibility index (Phi) is 4.61. The lowest BCUT2D eigenvalue weighted by Gasteiger charge is -2.03. The maximum Gasteiger partial charge on any atom is 0.328 e. The minimum absolute atomic E-state index is 0.167. The Labute approximate surface area is 141 Å². The Balaban J connectivity index is 1.96. The van der Waals surface area contributed by atoms with Gasteiger partial charge in [0.25, 0.3) is 5.56 Å². The van der Waals surface area contributed by atoms with Crippen molar-refractivity contribution in [2.45, 2.75) is 19.4 Å². The van der Waals surface area contributed by atoms with Gasteiger partial charge in [-0.05, 0) is 18.1 Å². The van der Waals surface area contributed by atoms with Gasteiger partial charge in [-0.3, -0.25) is 14.2 Å². The topological polar surface area (TPSA) is 81.2 Å². The van der Waals surface area contributed by atoms with Crippen molar-refractivity contribution >= 4 is 27.5 Å². The number of H-pyrrole nitrogens is 1. The number of fused-ring (bicyclic) bond motifs is 1. The van der Waals surface area contributed by atoms with E-state index in [0.29, 0.717) is 16.6 Å². The van der Waals surface area contributed by atoms with Crippen LogP contribution in [0.5, 0.6) is 0 Å². The van der Waals surface area contributed by atoms with Crippen molar-refractivity contribution in [3.05, 3.63) is 57.2 Å². The fourth-order valence-electron chi connectivity index (χ4n) is 2.47. The number of hydrogen-bond donors (Lipinski definition) is 1. The summed E-state index contributed by atoms with van der Waals surface area (Å²) in [6.45, 7) is 0.178. The summed E-state index contributed by atoms with van der Waals surface area (Å²) in [5.74, 6) is -0.358. The van der Waals surface area contributed by atoms with Crippen LogP contribution in [0.25, 0.3) is 20.7 Å². The Morgan fingerprint density at radius 1 is 1.25 bits per heavy atom. The number of esters is 1. The molecule has 0 saturated carbocycles. The van der Waals surface area contributed by atoms with E-state index >= 15 is 0 Å². The molecule has 0 unspecified atom stereocenters. The molecular weight excluding hydrogens is 328 g/mol. The van der Waals surface area contributed by atoms with E-state index < -0.39 is 5.69 Å². The summed E-state index contributed by atoms with van der Waals surface area (Å²) in [5, 5.41) is 0. The summed E-state index contributed by atoms with van der Waals surface area (Å²) in [5.41, 5.74) is 0.745. The zero-order valence-corrected chi connectivity index (χ0v) is 13.9. The van der Waals surface area contributed by atoms with E-state index in [1.165, 1.54) is 18.4 Å². The van der Waals surface area contributed by atoms with Crippen LogP contribution in [0.1, 0.15) is 12.8 Å². The first kappa shape index (κ1) is 16.2. The average molecular weight is 344 g/mol. The van der Waals surface area contributed by atoms with Crippen molar-refractivity contribution in [2.24, 2.45) is 0 Å². The smallest absolute Gasteiger partial charge is 0.328 e. The van der Waals surface area contributed by atoms with Crippen LogP contribution in [0.3, 0.4) is 0 Å². The van der Waals surface area contributed by atoms with Gasteiger partial charge in [-0.1, -0.05) is 30.3 Å². The molecule has 0 aliphatic carbocycles. The molecule has 0 aliphatic heterocycles. The maximum atomic E-state index is 12.6. The highest BCUT2D eigenvalue weighted by atomic mass is 32.1. The van der Waals surface area contributed by atoms with Crippen LogP contribution in [0.15, 0.2) is 46.0 Å². The van der Waals surface area contributed by atoms with Crippen LogP contribution in [-0.4, -0.2) is 22.6 Å². The summed E-state index contributed by atoms with van der Waals surface area (Å²) >= 11 is 1.35. The number of rotatable bonds is 5. The minimum atomic E-state index is -0.463. The fourth-order valence-corrected chi connectivity index (χ4v) is 3.54. The quantitative estimate of drug-likeness (QED) is 0.721. The zero-order chi connectivity index (χ0) is 17.1. The average Bonchev–Trinajstić information content (AvgIpc) is 3.02. The van der Waals surface area contributed by atoms with Gasteiger partial charge in [0, 0.05) is 17.8 Å². The number of benzene rings is 1. The Bertz CT molecular complexity index is 985. The lowest BCUT2D eigenvalue weighted by molar-refractivity contribution is -0.140. The van der Waals surface area contributed by atoms with Crippen molar-refractivity contribution in [2.75, 3.05) is 7.11 Å². The molecule has 3 aromatic rings. The standard InChI is InChI=1S/C17H16N2O4S/c1-23-14(20)8-5-9-19-16(21)15-12(18-17(19)22)10-13(24-15)11-6-3-2-4-7-11/h2-4,6-7,10H,5,8-9H2,1H3,(H,18,22). The van der Waals surface area contributed by atoms with Crippen molar-refractivity contribution in [1.82, 2.24) is 9.55 Å². The summed E-state index contributed by atoms with van der Waals surface area (Å²) in [4.78, 5) is 39.5. The number of carbonyl (C=O) groups is 1. The molecule has 0 atom stereocenters. The third kappa shape index (κ3) is 3.16. The highest BCUT2D eigenvalue weighted by Gasteiger charge is 2.12. The largest absolute Gasteiger partial charge is 0.469 e. The van der Waals surface area contributed by atoms with E-state index in [9.17, 15) is 14.4 Å². The number of nitrogens with one attached hydrogen (secondary N) is 1. The molecule has 0 bridgehead atoms. The lowest BCUT2D eigenvalue weighted by Crippen LogP contribution is -2.34. The van der Waals surface area contributed by atoms with E-state index in [4.69, 9.17) is 0 Å². The lowest BCUT2D eigenvalue weighted by atomic mass is 10.2. The van der Waals surface area contributed by atoms with Crippen molar-refractivity contribution in [1.29, 1.82) is 0 Å². The van der Waals surface area contributed by atoms with E-state index in [1.54, 1.807) is 0 Å². The molecule has 0 radical (unpaired) electrons. The van der Waals surface area contributed by atoms with Gasteiger partial charge in [0.2, 0.25) is 0 Å². The predicted octanol–water partition coefficient (Wildman–Crippen LogP) is 2.37. The van der Waals surface area contributed by atoms with Gasteiger partial charge in [0.1, 0.15) is 4.70 Å². The first-order valence-electron chi connectivity index (χ1n) is 7.49. The second-order valence-electron chi connectivity index (χ2n) is 5.29. The Morgan fingerprint density at radius 3 is 2.71 bits per heavy atom. The minimum Gasteiger partial charge on any atom is -0.469 e. The van der Waals surface area contributed by atoms with Crippen LogP contribution in [0.2, 0.25) is 0 Å². The number of aromatic nitrogens is 2. The number of nitrogens with zero attached hydrogens (tertiary/aromatic N) is 1. The molecule has 6 nitrogen and oxygen atoms in total. The second kappa shape index (κ2) is 6.84. The molecule has 0 spiro atoms. The maximum absolute atomic E-state index is 12.6. The molecule has 2 heterocycles. The van der Waals surface area contributed by atoms with E-state index in [-0.39, 0.29) is 24.5 Å². The molecule has 124 valence electrons. The van der Waals surface area contributed by atoms with Gasteiger partial charge in [0.05, 0.1) is 12.6 Å². The van der Waals surface area contributed by atoms with Gasteiger partial charge in [-0.15, -0.1) is 11.3 Å². The molecule has 24 heavy (non-hydrogen) atoms. The highest BCUT2D eigenvalue weighted by molar-refractivity contribution is 7.22. The molecule has 0 amide bonds. The van der Waals surface area contributed by atoms with E-state index in [0.717, 1.165) is 15.0 Å². The summed E-state index contributed by atoms with van der Waals surface area (Å²) < 4.78 is 6.20. The van der Waals surface area contributed by atoms with Crippen molar-refractivity contribution in [3.8, 4) is 10.4 Å². The molecule has 1 N–H and O–H groups in total. The zero-order valence-electron chi connectivity index (χ0n) is 13.1. The molecule has 0 aliphatic rings. The Morgan fingerprint density at radius 2 is 2.00 bits per heavy atom. The van der Waals surface area contributed by atoms with Crippen molar-refractivity contribution in [3.63, 3.8) is 0 Å². The van der Waals surface area contributed by atoms with Crippen LogP contribution < -0.4 is 11.2 Å². The number of ether oxygens (including phenoxy) is 1. The second-order valence-corrected chi connectivity index (χ2v) is 6.34. The molecule has 1 aromatic carbocycles. The third-order valence-corrected chi connectivity index (χ3v) is 4.88. The first-order chi connectivity index (χ1) is 11.6. The molecule has 3 rings (SSSR count). The number of hydrogen-bond acceptors (Lipinski definition) is 5. The fraction of sp³-hybridized carbons (Fsp3) is 0.235. The first-order valence-corrected chi connectivity index (χ1v) is 8.30. The van der Waals surface area contributed by atoms with Gasteiger partial charge >= 0.3 is 11.7 Å². The molecule has 7 heteroatoms. The SMILES string of the molecule is COC(=O)CCCn1c(=O)[nH]c2cc(-c3ccccc3)sc2c1=O. The van der Waals surface area contributed by atoms with E-state index in [1.807, 2.05) is 36.4 Å². The number of thiophene rings is 1. The highest BCUT2D eigenvalue weighted by Crippen LogP contribution is 2.30. The third-order valence-electron chi connectivity index (χ3n) is 3.71. The monoisotopic (exact) mass is 344 g/mol. The van der Waals surface area contributed by atoms with Crippen molar-refractivity contribution < 1.29 is 9.53 Å². The summed E-state index contributed by atoms with van der Waals surface area (Å²) in [6, 6.07) is 11.5. The van der Waals surface area contributed by atoms with Gasteiger partial charge in [-0.25, -0.2) is 4.79 Å².